The number of nitrogen functional groups attached to an aromatic ring is 1. The van der Waals surface area contributed by atoms with Crippen LogP contribution in [0.1, 0.15) is 67.9 Å². The highest BCUT2D eigenvalue weighted by Gasteiger charge is 2.24. The van der Waals surface area contributed by atoms with Crippen LogP contribution in [0.15, 0.2) is 6.20 Å². The number of anilines is 1. The van der Waals surface area contributed by atoms with Crippen LogP contribution in [-0.2, 0) is 6.54 Å². The van der Waals surface area contributed by atoms with Gasteiger partial charge < -0.3 is 5.73 Å². The zero-order chi connectivity index (χ0) is 16.4. The molecule has 0 spiro atoms. The van der Waals surface area contributed by atoms with Crippen molar-refractivity contribution < 1.29 is 4.79 Å². The van der Waals surface area contributed by atoms with Crippen LogP contribution < -0.4 is 5.73 Å². The minimum Gasteiger partial charge on any atom is -0.397 e. The van der Waals surface area contributed by atoms with Gasteiger partial charge in [-0.25, -0.2) is 9.67 Å². The minimum atomic E-state index is 0.125. The second-order valence-electron chi connectivity index (χ2n) is 6.70. The van der Waals surface area contributed by atoms with E-state index in [0.717, 1.165) is 42.0 Å². The molecular formula is C18H26N4O. The molecule has 3 rings (SSSR count). The van der Waals surface area contributed by atoms with Crippen molar-refractivity contribution in [2.24, 2.45) is 5.92 Å². The topological polar surface area (TPSA) is 73.8 Å². The summed E-state index contributed by atoms with van der Waals surface area (Å²) in [6, 6.07) is 0. The monoisotopic (exact) mass is 314 g/mol. The lowest BCUT2D eigenvalue weighted by molar-refractivity contribution is 0.0978. The summed E-state index contributed by atoms with van der Waals surface area (Å²) >= 11 is 0. The Morgan fingerprint density at radius 3 is 2.87 bits per heavy atom. The lowest BCUT2D eigenvalue weighted by Gasteiger charge is -2.10. The van der Waals surface area contributed by atoms with E-state index in [1.165, 1.54) is 25.7 Å². The van der Waals surface area contributed by atoms with E-state index in [1.807, 2.05) is 11.6 Å². The van der Waals surface area contributed by atoms with Gasteiger partial charge >= 0.3 is 0 Å². The fourth-order valence-electron chi connectivity index (χ4n) is 3.13. The zero-order valence-electron chi connectivity index (χ0n) is 14.1. The fraction of sp³-hybridized carbons (Fsp3) is 0.611. The predicted molar refractivity (Wildman–Crippen MR) is 92.5 cm³/mol. The Morgan fingerprint density at radius 2 is 2.17 bits per heavy atom. The quantitative estimate of drug-likeness (QED) is 0.592. The maximum Gasteiger partial charge on any atom is 0.166 e. The number of ketones is 1. The first kappa shape index (κ1) is 16.0. The second kappa shape index (κ2) is 6.69. The number of Topliss-reactive ketones (excluding diaryl/α,β-unsaturated/α-hetero) is 1. The summed E-state index contributed by atoms with van der Waals surface area (Å²) in [4.78, 5) is 17.2. The molecule has 0 aliphatic heterocycles. The minimum absolute atomic E-state index is 0.125. The molecule has 1 saturated carbocycles. The molecule has 5 heteroatoms. The average Bonchev–Trinajstić information content (AvgIpc) is 3.27. The van der Waals surface area contributed by atoms with Crippen LogP contribution in [0.3, 0.4) is 0 Å². The number of aryl methyl sites for hydroxylation is 2. The Kier molecular flexibility index (Phi) is 4.64. The number of fused-ring (bicyclic) bond motifs is 1. The number of hydrogen-bond acceptors (Lipinski definition) is 4. The lowest BCUT2D eigenvalue weighted by Crippen LogP contribution is -2.10. The molecule has 0 aromatic carbocycles. The van der Waals surface area contributed by atoms with Gasteiger partial charge in [0.1, 0.15) is 0 Å². The van der Waals surface area contributed by atoms with Crippen molar-refractivity contribution in [3.63, 3.8) is 0 Å². The molecule has 0 amide bonds. The van der Waals surface area contributed by atoms with Gasteiger partial charge in [-0.3, -0.25) is 4.79 Å². The molecule has 2 aromatic heterocycles. The molecular weight excluding hydrogens is 288 g/mol. The predicted octanol–water partition coefficient (Wildman–Crippen LogP) is 3.89. The molecule has 23 heavy (non-hydrogen) atoms. The molecule has 1 fully saturated rings. The van der Waals surface area contributed by atoms with E-state index >= 15 is 0 Å². The van der Waals surface area contributed by atoms with Crippen LogP contribution in [0, 0.1) is 12.8 Å². The van der Waals surface area contributed by atoms with Gasteiger partial charge in [0.2, 0.25) is 0 Å². The van der Waals surface area contributed by atoms with Gasteiger partial charge in [0.15, 0.2) is 11.4 Å². The highest BCUT2D eigenvalue weighted by atomic mass is 16.1. The van der Waals surface area contributed by atoms with Gasteiger partial charge in [0.05, 0.1) is 28.5 Å². The van der Waals surface area contributed by atoms with Crippen molar-refractivity contribution in [2.75, 3.05) is 5.73 Å². The van der Waals surface area contributed by atoms with Crippen LogP contribution >= 0.6 is 0 Å². The van der Waals surface area contributed by atoms with Crippen molar-refractivity contribution in [3.05, 3.63) is 17.5 Å². The molecule has 0 radical (unpaired) electrons. The van der Waals surface area contributed by atoms with E-state index < -0.39 is 0 Å². The van der Waals surface area contributed by atoms with E-state index in [0.29, 0.717) is 17.7 Å². The number of hydrogen-bond donors (Lipinski definition) is 1. The molecule has 2 heterocycles. The lowest BCUT2D eigenvalue weighted by atomic mass is 10.0. The first-order valence-electron chi connectivity index (χ1n) is 8.76. The first-order chi connectivity index (χ1) is 11.1. The molecule has 5 nitrogen and oxygen atoms in total. The molecule has 2 aromatic rings. The zero-order valence-corrected chi connectivity index (χ0v) is 14.1. The normalized spacial score (nSPS) is 14.5. The summed E-state index contributed by atoms with van der Waals surface area (Å²) in [5.74, 6) is 0.874. The number of aromatic nitrogens is 3. The van der Waals surface area contributed by atoms with Crippen molar-refractivity contribution in [2.45, 2.75) is 65.3 Å². The van der Waals surface area contributed by atoms with Crippen molar-refractivity contribution in [3.8, 4) is 0 Å². The second-order valence-corrected chi connectivity index (χ2v) is 6.70. The van der Waals surface area contributed by atoms with Crippen LogP contribution in [0.2, 0.25) is 0 Å². The average molecular weight is 314 g/mol. The Bertz CT molecular complexity index is 715. The number of rotatable bonds is 8. The molecule has 124 valence electrons. The van der Waals surface area contributed by atoms with Crippen molar-refractivity contribution in [1.29, 1.82) is 0 Å². The van der Waals surface area contributed by atoms with Crippen LogP contribution in [-0.4, -0.2) is 20.5 Å². The van der Waals surface area contributed by atoms with Crippen LogP contribution in [0.4, 0.5) is 5.69 Å². The molecule has 1 aliphatic rings. The van der Waals surface area contributed by atoms with Gasteiger partial charge in [-0.1, -0.05) is 32.6 Å². The number of carbonyl (C=O) groups excluding carboxylic acids is 1. The van der Waals surface area contributed by atoms with E-state index in [9.17, 15) is 4.79 Å². The van der Waals surface area contributed by atoms with Gasteiger partial charge in [-0.2, -0.15) is 5.10 Å². The summed E-state index contributed by atoms with van der Waals surface area (Å²) in [7, 11) is 0. The van der Waals surface area contributed by atoms with Gasteiger partial charge in [0.25, 0.3) is 0 Å². The van der Waals surface area contributed by atoms with E-state index in [-0.39, 0.29) is 5.78 Å². The summed E-state index contributed by atoms with van der Waals surface area (Å²) < 4.78 is 1.91. The molecule has 0 bridgehead atoms. The summed E-state index contributed by atoms with van der Waals surface area (Å²) in [5.41, 5.74) is 8.98. The van der Waals surface area contributed by atoms with Crippen LogP contribution in [0.5, 0.6) is 0 Å². The highest BCUT2D eigenvalue weighted by molar-refractivity contribution is 6.07. The third kappa shape index (κ3) is 3.38. The third-order valence-corrected chi connectivity index (χ3v) is 4.74. The number of carbonyl (C=O) groups is 1. The van der Waals surface area contributed by atoms with Crippen molar-refractivity contribution >= 4 is 22.5 Å². The third-order valence-electron chi connectivity index (χ3n) is 4.74. The number of pyridine rings is 1. The Labute approximate surface area is 137 Å². The Hall–Kier alpha value is -1.91. The highest BCUT2D eigenvalue weighted by Crippen LogP contribution is 2.35. The van der Waals surface area contributed by atoms with Gasteiger partial charge in [-0.05, 0) is 25.7 Å². The first-order valence-corrected chi connectivity index (χ1v) is 8.76. The molecule has 1 aliphatic carbocycles. The van der Waals surface area contributed by atoms with E-state index in [2.05, 4.69) is 17.0 Å². The van der Waals surface area contributed by atoms with Crippen molar-refractivity contribution in [1.82, 2.24) is 14.8 Å². The SMILES string of the molecule is CCCCCn1ncc2c(N)c(C(=O)CCC3CC3)c(C)nc21. The molecule has 0 atom stereocenters. The van der Waals surface area contributed by atoms with Crippen LogP contribution in [0.25, 0.3) is 11.0 Å². The largest absolute Gasteiger partial charge is 0.397 e. The van der Waals surface area contributed by atoms with E-state index in [4.69, 9.17) is 5.73 Å². The smallest absolute Gasteiger partial charge is 0.166 e. The van der Waals surface area contributed by atoms with E-state index in [1.54, 1.807) is 6.20 Å². The molecule has 0 unspecified atom stereocenters. The summed E-state index contributed by atoms with van der Waals surface area (Å²) in [6.07, 6.45) is 9.27. The van der Waals surface area contributed by atoms with Gasteiger partial charge in [0, 0.05) is 13.0 Å². The Morgan fingerprint density at radius 1 is 1.39 bits per heavy atom. The van der Waals surface area contributed by atoms with Gasteiger partial charge in [-0.15, -0.1) is 0 Å². The maximum absolute atomic E-state index is 12.5. The number of nitrogens with two attached hydrogens (primary N) is 1. The summed E-state index contributed by atoms with van der Waals surface area (Å²) in [6.45, 7) is 4.91. The number of unbranched alkanes of at least 4 members (excludes halogenated alkanes) is 2. The maximum atomic E-state index is 12.5. The standard InChI is InChI=1S/C18H26N4O/c1-3-4-5-10-22-18-14(11-20-22)17(19)16(12(2)21-18)15(23)9-8-13-6-7-13/h11,13H,3-10H2,1-2H3,(H2,19,21). The Balaban J connectivity index is 1.86. The molecule has 0 saturated heterocycles. The fourth-order valence-corrected chi connectivity index (χ4v) is 3.13. The summed E-state index contributed by atoms with van der Waals surface area (Å²) in [5, 5.41) is 5.22. The number of nitrogens with zero attached hydrogens (tertiary/aromatic N) is 3. The molecule has 2 N–H and O–H groups in total.